The first kappa shape index (κ1) is 12.5. The first-order valence-corrected chi connectivity index (χ1v) is 6.62. The van der Waals surface area contributed by atoms with Gasteiger partial charge in [0.1, 0.15) is 5.69 Å². The van der Waals surface area contributed by atoms with Crippen molar-refractivity contribution in [1.29, 1.82) is 0 Å². The van der Waals surface area contributed by atoms with E-state index >= 15 is 0 Å². The van der Waals surface area contributed by atoms with Gasteiger partial charge in [-0.05, 0) is 12.5 Å². The number of aromatic nitrogens is 3. The number of anilines is 1. The summed E-state index contributed by atoms with van der Waals surface area (Å²) >= 11 is 13.1. The molecule has 2 heterocycles. The maximum absolute atomic E-state index is 6.03. The maximum Gasteiger partial charge on any atom is 0.202 e. The molecular formula is C10H10Cl2N4S. The lowest BCUT2D eigenvalue weighted by molar-refractivity contribution is 0.976. The van der Waals surface area contributed by atoms with Crippen molar-refractivity contribution in [2.45, 2.75) is 13.3 Å². The van der Waals surface area contributed by atoms with E-state index in [1.165, 1.54) is 17.7 Å². The first-order valence-electron chi connectivity index (χ1n) is 5.09. The third kappa shape index (κ3) is 3.06. The van der Waals surface area contributed by atoms with Gasteiger partial charge in [-0.1, -0.05) is 30.1 Å². The van der Waals surface area contributed by atoms with Crippen LogP contribution in [-0.2, 0) is 0 Å². The molecule has 0 saturated heterocycles. The molecule has 0 fully saturated rings. The summed E-state index contributed by atoms with van der Waals surface area (Å²) in [6, 6.07) is 1.63. The normalized spacial score (nSPS) is 10.5. The molecule has 2 aromatic heterocycles. The number of nitrogens with one attached hydrogen (secondary N) is 1. The average Bonchev–Trinajstić information content (AvgIpc) is 2.75. The summed E-state index contributed by atoms with van der Waals surface area (Å²) in [5.41, 5.74) is 0.553. The molecule has 17 heavy (non-hydrogen) atoms. The Balaban J connectivity index is 2.24. The van der Waals surface area contributed by atoms with Crippen molar-refractivity contribution in [2.24, 2.45) is 0 Å². The Morgan fingerprint density at radius 3 is 2.94 bits per heavy atom. The molecule has 0 radical (unpaired) electrons. The highest BCUT2D eigenvalue weighted by Gasteiger charge is 2.11. The van der Waals surface area contributed by atoms with Gasteiger partial charge in [-0.3, -0.25) is 0 Å². The molecule has 2 rings (SSSR count). The molecule has 0 aliphatic heterocycles. The van der Waals surface area contributed by atoms with E-state index in [1.54, 1.807) is 6.07 Å². The van der Waals surface area contributed by atoms with Gasteiger partial charge in [-0.2, -0.15) is 9.36 Å². The van der Waals surface area contributed by atoms with Crippen molar-refractivity contribution in [3.63, 3.8) is 0 Å². The molecule has 0 aliphatic carbocycles. The van der Waals surface area contributed by atoms with Crippen LogP contribution < -0.4 is 5.32 Å². The molecule has 1 N–H and O–H groups in total. The van der Waals surface area contributed by atoms with Crippen LogP contribution in [0.1, 0.15) is 13.3 Å². The second kappa shape index (κ2) is 5.62. The topological polar surface area (TPSA) is 50.7 Å². The zero-order valence-electron chi connectivity index (χ0n) is 9.07. The minimum atomic E-state index is 0.456. The van der Waals surface area contributed by atoms with E-state index in [-0.39, 0.29) is 0 Å². The van der Waals surface area contributed by atoms with Gasteiger partial charge in [0.2, 0.25) is 5.13 Å². The van der Waals surface area contributed by atoms with E-state index in [4.69, 9.17) is 23.2 Å². The lowest BCUT2D eigenvalue weighted by Gasteiger charge is -1.99. The van der Waals surface area contributed by atoms with E-state index in [1.807, 2.05) is 0 Å². The molecule has 7 heteroatoms. The van der Waals surface area contributed by atoms with E-state index in [2.05, 4.69) is 26.6 Å². The Morgan fingerprint density at radius 2 is 2.24 bits per heavy atom. The van der Waals surface area contributed by atoms with Gasteiger partial charge >= 0.3 is 0 Å². The van der Waals surface area contributed by atoms with Crippen molar-refractivity contribution >= 4 is 39.9 Å². The van der Waals surface area contributed by atoms with Crippen molar-refractivity contribution in [1.82, 2.24) is 14.3 Å². The Hall–Kier alpha value is -0.910. The third-order valence-electron chi connectivity index (χ3n) is 1.97. The molecule has 0 amide bonds. The highest BCUT2D eigenvalue weighted by Crippen LogP contribution is 2.27. The quantitative estimate of drug-likeness (QED) is 0.931. The van der Waals surface area contributed by atoms with Crippen LogP contribution in [0.25, 0.3) is 11.5 Å². The van der Waals surface area contributed by atoms with Crippen LogP contribution in [0, 0.1) is 0 Å². The van der Waals surface area contributed by atoms with E-state index in [9.17, 15) is 0 Å². The van der Waals surface area contributed by atoms with E-state index in [0.29, 0.717) is 21.6 Å². The lowest BCUT2D eigenvalue weighted by atomic mass is 10.3. The van der Waals surface area contributed by atoms with Crippen LogP contribution in [0.5, 0.6) is 0 Å². The average molecular weight is 289 g/mol. The van der Waals surface area contributed by atoms with Crippen LogP contribution in [-0.4, -0.2) is 20.9 Å². The molecule has 0 spiro atoms. The fourth-order valence-electron chi connectivity index (χ4n) is 1.20. The third-order valence-corrected chi connectivity index (χ3v) is 3.14. The molecule has 0 aliphatic rings. The predicted molar refractivity (Wildman–Crippen MR) is 71.9 cm³/mol. The SMILES string of the molecule is CCCNc1nc(-c2ncc(Cl)cc2Cl)ns1. The number of rotatable bonds is 4. The highest BCUT2D eigenvalue weighted by atomic mass is 35.5. The van der Waals surface area contributed by atoms with Crippen molar-refractivity contribution in [3.05, 3.63) is 22.3 Å². The zero-order valence-corrected chi connectivity index (χ0v) is 11.4. The number of halogens is 2. The summed E-state index contributed by atoms with van der Waals surface area (Å²) in [6.07, 6.45) is 2.57. The fourth-order valence-corrected chi connectivity index (χ4v) is 2.26. The Kier molecular flexibility index (Phi) is 4.15. The van der Waals surface area contributed by atoms with Gasteiger partial charge in [-0.15, -0.1) is 0 Å². The highest BCUT2D eigenvalue weighted by molar-refractivity contribution is 7.09. The molecule has 90 valence electrons. The minimum absolute atomic E-state index is 0.456. The number of hydrogen-bond acceptors (Lipinski definition) is 5. The minimum Gasteiger partial charge on any atom is -0.360 e. The standard InChI is InChI=1S/C10H10Cl2N4S/c1-2-3-13-10-15-9(16-17-10)8-7(12)4-6(11)5-14-8/h4-5H,2-3H2,1H3,(H,13,15,16). The Bertz CT molecular complexity index is 515. The second-order valence-corrected chi connectivity index (χ2v) is 4.93. The molecule has 0 saturated carbocycles. The van der Waals surface area contributed by atoms with Gasteiger partial charge in [0.15, 0.2) is 5.82 Å². The number of hydrogen-bond donors (Lipinski definition) is 1. The lowest BCUT2D eigenvalue weighted by Crippen LogP contribution is -1.98. The number of pyridine rings is 1. The Labute approximate surface area is 113 Å². The monoisotopic (exact) mass is 288 g/mol. The second-order valence-electron chi connectivity index (χ2n) is 3.33. The molecule has 0 bridgehead atoms. The first-order chi connectivity index (χ1) is 8.20. The van der Waals surface area contributed by atoms with E-state index in [0.717, 1.165) is 18.1 Å². The van der Waals surface area contributed by atoms with Gasteiger partial charge < -0.3 is 5.32 Å². The van der Waals surface area contributed by atoms with Gasteiger partial charge in [0.25, 0.3) is 0 Å². The van der Waals surface area contributed by atoms with Crippen LogP contribution in [0.4, 0.5) is 5.13 Å². The van der Waals surface area contributed by atoms with Gasteiger partial charge in [0, 0.05) is 24.3 Å². The largest absolute Gasteiger partial charge is 0.360 e. The molecule has 2 aromatic rings. The smallest absolute Gasteiger partial charge is 0.202 e. The number of nitrogens with zero attached hydrogens (tertiary/aromatic N) is 3. The van der Waals surface area contributed by atoms with Crippen molar-refractivity contribution < 1.29 is 0 Å². The summed E-state index contributed by atoms with van der Waals surface area (Å²) in [7, 11) is 0. The molecule has 4 nitrogen and oxygen atoms in total. The van der Waals surface area contributed by atoms with Gasteiger partial charge in [-0.25, -0.2) is 4.98 Å². The maximum atomic E-state index is 6.03. The van der Waals surface area contributed by atoms with Crippen molar-refractivity contribution in [3.8, 4) is 11.5 Å². The molecular weight excluding hydrogens is 279 g/mol. The predicted octanol–water partition coefficient (Wildman–Crippen LogP) is 3.73. The Morgan fingerprint density at radius 1 is 1.41 bits per heavy atom. The van der Waals surface area contributed by atoms with Crippen molar-refractivity contribution in [2.75, 3.05) is 11.9 Å². The van der Waals surface area contributed by atoms with Crippen LogP contribution in [0.3, 0.4) is 0 Å². The van der Waals surface area contributed by atoms with Gasteiger partial charge in [0.05, 0.1) is 10.0 Å². The molecule has 0 unspecified atom stereocenters. The van der Waals surface area contributed by atoms with Crippen LogP contribution >= 0.6 is 34.7 Å². The summed E-state index contributed by atoms with van der Waals surface area (Å²) in [6.45, 7) is 2.96. The van der Waals surface area contributed by atoms with Crippen LogP contribution in [0.2, 0.25) is 10.0 Å². The molecule has 0 aromatic carbocycles. The zero-order chi connectivity index (χ0) is 12.3. The summed E-state index contributed by atoms with van der Waals surface area (Å²) in [4.78, 5) is 8.45. The summed E-state index contributed by atoms with van der Waals surface area (Å²) in [5, 5.41) is 4.89. The molecule has 0 atom stereocenters. The van der Waals surface area contributed by atoms with Crippen LogP contribution in [0.15, 0.2) is 12.3 Å². The fraction of sp³-hybridized carbons (Fsp3) is 0.300. The summed E-state index contributed by atoms with van der Waals surface area (Å²) in [5.74, 6) is 0.523. The van der Waals surface area contributed by atoms with E-state index < -0.39 is 0 Å². The summed E-state index contributed by atoms with van der Waals surface area (Å²) < 4.78 is 4.21.